The van der Waals surface area contributed by atoms with Crippen LogP contribution in [0, 0.1) is 0 Å². The lowest BCUT2D eigenvalue weighted by Crippen LogP contribution is -2.35. The lowest BCUT2D eigenvalue weighted by molar-refractivity contribution is 0.0709. The molecular weight excluding hydrogens is 372 g/mol. The van der Waals surface area contributed by atoms with E-state index >= 15 is 0 Å². The Morgan fingerprint density at radius 3 is 2.47 bits per heavy atom. The van der Waals surface area contributed by atoms with E-state index < -0.39 is 0 Å². The van der Waals surface area contributed by atoms with Crippen LogP contribution in [0.2, 0.25) is 0 Å². The molecule has 0 saturated carbocycles. The number of benzene rings is 2. The third-order valence-corrected chi connectivity index (χ3v) is 5.92. The average molecular weight is 403 g/mol. The van der Waals surface area contributed by atoms with Crippen molar-refractivity contribution < 1.29 is 9.53 Å². The SMILES string of the molecule is COc1cccc(C2c3cccn3CCCN2C(=O)c2ccc(C(C)(C)C)cc2)c1. The van der Waals surface area contributed by atoms with Crippen LogP contribution in [0.3, 0.4) is 0 Å². The number of nitrogens with zero attached hydrogens (tertiary/aromatic N) is 2. The number of aryl methyl sites for hydroxylation is 1. The lowest BCUT2D eigenvalue weighted by atomic mass is 9.86. The first-order valence-electron chi connectivity index (χ1n) is 10.6. The molecule has 0 N–H and O–H groups in total. The fourth-order valence-corrected chi connectivity index (χ4v) is 4.24. The van der Waals surface area contributed by atoms with E-state index in [9.17, 15) is 4.79 Å². The highest BCUT2D eigenvalue weighted by atomic mass is 16.5. The molecule has 1 amide bonds. The van der Waals surface area contributed by atoms with Crippen LogP contribution < -0.4 is 4.74 Å². The predicted octanol–water partition coefficient (Wildman–Crippen LogP) is 5.43. The Balaban J connectivity index is 1.75. The fraction of sp³-hybridized carbons (Fsp3) is 0.346. The second-order valence-corrected chi connectivity index (χ2v) is 8.99. The number of amides is 1. The molecule has 1 aromatic heterocycles. The molecule has 3 aromatic rings. The van der Waals surface area contributed by atoms with Gasteiger partial charge in [0.15, 0.2) is 0 Å². The number of rotatable bonds is 3. The van der Waals surface area contributed by atoms with Crippen LogP contribution in [0.15, 0.2) is 66.9 Å². The molecule has 156 valence electrons. The summed E-state index contributed by atoms with van der Waals surface area (Å²) in [5, 5.41) is 0. The number of carbonyl (C=O) groups excluding carboxylic acids is 1. The molecule has 1 unspecified atom stereocenters. The number of hydrogen-bond acceptors (Lipinski definition) is 2. The zero-order valence-corrected chi connectivity index (χ0v) is 18.3. The number of methoxy groups -OCH3 is 1. The van der Waals surface area contributed by atoms with Crippen LogP contribution in [0.4, 0.5) is 0 Å². The summed E-state index contributed by atoms with van der Waals surface area (Å²) in [5.74, 6) is 0.870. The first-order valence-corrected chi connectivity index (χ1v) is 10.6. The maximum absolute atomic E-state index is 13.7. The Labute approximate surface area is 179 Å². The molecule has 4 rings (SSSR count). The van der Waals surface area contributed by atoms with Crippen LogP contribution in [0.1, 0.15) is 60.4 Å². The molecule has 0 saturated heterocycles. The van der Waals surface area contributed by atoms with Gasteiger partial charge in [-0.05, 0) is 59.4 Å². The zero-order valence-electron chi connectivity index (χ0n) is 18.3. The summed E-state index contributed by atoms with van der Waals surface area (Å²) in [7, 11) is 1.68. The molecule has 0 radical (unpaired) electrons. The predicted molar refractivity (Wildman–Crippen MR) is 120 cm³/mol. The van der Waals surface area contributed by atoms with Crippen molar-refractivity contribution >= 4 is 5.91 Å². The average Bonchev–Trinajstić information content (AvgIpc) is 3.12. The summed E-state index contributed by atoms with van der Waals surface area (Å²) < 4.78 is 7.73. The fourth-order valence-electron chi connectivity index (χ4n) is 4.24. The van der Waals surface area contributed by atoms with E-state index in [2.05, 4.69) is 61.9 Å². The summed E-state index contributed by atoms with van der Waals surface area (Å²) in [6.45, 7) is 8.18. The van der Waals surface area contributed by atoms with Crippen LogP contribution in [0.25, 0.3) is 0 Å². The number of carbonyl (C=O) groups is 1. The van der Waals surface area contributed by atoms with Crippen molar-refractivity contribution in [2.24, 2.45) is 0 Å². The van der Waals surface area contributed by atoms with Gasteiger partial charge in [-0.1, -0.05) is 45.0 Å². The summed E-state index contributed by atoms with van der Waals surface area (Å²) in [6.07, 6.45) is 3.03. The van der Waals surface area contributed by atoms with Crippen molar-refractivity contribution in [3.63, 3.8) is 0 Å². The van der Waals surface area contributed by atoms with Crippen molar-refractivity contribution in [3.8, 4) is 5.75 Å². The molecule has 0 aliphatic carbocycles. The highest BCUT2D eigenvalue weighted by Gasteiger charge is 2.31. The lowest BCUT2D eigenvalue weighted by Gasteiger charge is -2.31. The van der Waals surface area contributed by atoms with Crippen molar-refractivity contribution in [2.75, 3.05) is 13.7 Å². The van der Waals surface area contributed by atoms with Gasteiger partial charge < -0.3 is 14.2 Å². The van der Waals surface area contributed by atoms with Gasteiger partial charge in [0.2, 0.25) is 0 Å². The number of ether oxygens (including phenoxy) is 1. The summed E-state index contributed by atoms with van der Waals surface area (Å²) in [4.78, 5) is 15.7. The van der Waals surface area contributed by atoms with Gasteiger partial charge >= 0.3 is 0 Å². The topological polar surface area (TPSA) is 34.5 Å². The second kappa shape index (κ2) is 8.02. The van der Waals surface area contributed by atoms with Gasteiger partial charge in [-0.3, -0.25) is 4.79 Å². The van der Waals surface area contributed by atoms with E-state index in [1.165, 1.54) is 5.56 Å². The molecule has 4 nitrogen and oxygen atoms in total. The van der Waals surface area contributed by atoms with Gasteiger partial charge in [0.25, 0.3) is 5.91 Å². The molecule has 0 spiro atoms. The number of fused-ring (bicyclic) bond motifs is 1. The molecule has 0 bridgehead atoms. The summed E-state index contributed by atoms with van der Waals surface area (Å²) in [6, 6.07) is 20.2. The first kappa shape index (κ1) is 20.3. The van der Waals surface area contributed by atoms with E-state index in [1.54, 1.807) is 7.11 Å². The molecule has 2 aromatic carbocycles. The smallest absolute Gasteiger partial charge is 0.254 e. The maximum Gasteiger partial charge on any atom is 0.254 e. The van der Waals surface area contributed by atoms with Crippen molar-refractivity contribution in [1.29, 1.82) is 0 Å². The Bertz CT molecular complexity index is 1030. The molecule has 0 fully saturated rings. The van der Waals surface area contributed by atoms with Crippen LogP contribution in [-0.4, -0.2) is 29.0 Å². The van der Waals surface area contributed by atoms with Gasteiger partial charge in [-0.2, -0.15) is 0 Å². The van der Waals surface area contributed by atoms with E-state index in [1.807, 2.05) is 35.2 Å². The standard InChI is InChI=1S/C26H30N2O2/c1-26(2,3)21-13-11-19(12-14-21)25(29)28-17-7-16-27-15-6-10-23(27)24(28)20-8-5-9-22(18-20)30-4/h5-6,8-15,18,24H,7,16-17H2,1-4H3. The van der Waals surface area contributed by atoms with Gasteiger partial charge in [0.05, 0.1) is 13.2 Å². The highest BCUT2D eigenvalue weighted by Crippen LogP contribution is 2.34. The molecule has 30 heavy (non-hydrogen) atoms. The normalized spacial score (nSPS) is 16.7. The van der Waals surface area contributed by atoms with Crippen LogP contribution in [-0.2, 0) is 12.0 Å². The molecule has 1 aliphatic rings. The maximum atomic E-state index is 13.7. The number of hydrogen-bond donors (Lipinski definition) is 0. The Morgan fingerprint density at radius 2 is 1.77 bits per heavy atom. The summed E-state index contributed by atoms with van der Waals surface area (Å²) in [5.41, 5.74) is 4.23. The Hall–Kier alpha value is -3.01. The van der Waals surface area contributed by atoms with Gasteiger partial charge in [-0.15, -0.1) is 0 Å². The van der Waals surface area contributed by atoms with Gasteiger partial charge in [-0.25, -0.2) is 0 Å². The minimum absolute atomic E-state index is 0.0636. The van der Waals surface area contributed by atoms with E-state index in [0.29, 0.717) is 6.54 Å². The first-order chi connectivity index (χ1) is 14.4. The molecule has 2 heterocycles. The largest absolute Gasteiger partial charge is 0.497 e. The third kappa shape index (κ3) is 3.87. The minimum atomic E-state index is -0.146. The highest BCUT2D eigenvalue weighted by molar-refractivity contribution is 5.94. The summed E-state index contributed by atoms with van der Waals surface area (Å²) >= 11 is 0. The van der Waals surface area contributed by atoms with E-state index in [0.717, 1.165) is 35.5 Å². The van der Waals surface area contributed by atoms with E-state index in [-0.39, 0.29) is 17.4 Å². The van der Waals surface area contributed by atoms with Crippen molar-refractivity contribution in [1.82, 2.24) is 9.47 Å². The zero-order chi connectivity index (χ0) is 21.3. The van der Waals surface area contributed by atoms with Gasteiger partial charge in [0, 0.05) is 30.5 Å². The molecule has 1 atom stereocenters. The van der Waals surface area contributed by atoms with Gasteiger partial charge in [0.1, 0.15) is 5.75 Å². The second-order valence-electron chi connectivity index (χ2n) is 8.99. The minimum Gasteiger partial charge on any atom is -0.497 e. The molecular formula is C26H30N2O2. The van der Waals surface area contributed by atoms with E-state index in [4.69, 9.17) is 4.74 Å². The van der Waals surface area contributed by atoms with Crippen molar-refractivity contribution in [2.45, 2.75) is 45.2 Å². The van der Waals surface area contributed by atoms with Crippen LogP contribution in [0.5, 0.6) is 5.75 Å². The van der Waals surface area contributed by atoms with Crippen LogP contribution >= 0.6 is 0 Å². The Morgan fingerprint density at radius 1 is 1.00 bits per heavy atom. The Kier molecular flexibility index (Phi) is 5.42. The van der Waals surface area contributed by atoms with Crippen molar-refractivity contribution in [3.05, 3.63) is 89.2 Å². The third-order valence-electron chi connectivity index (χ3n) is 5.92. The molecule has 4 heteroatoms. The monoisotopic (exact) mass is 402 g/mol. The number of aromatic nitrogens is 1. The quantitative estimate of drug-likeness (QED) is 0.585. The molecule has 1 aliphatic heterocycles.